The molecular formula is C14H20N2O2S. The van der Waals surface area contributed by atoms with E-state index in [1.54, 1.807) is 0 Å². The Kier molecular flexibility index (Phi) is 4.74. The van der Waals surface area contributed by atoms with Crippen molar-refractivity contribution in [2.45, 2.75) is 19.1 Å². The maximum absolute atomic E-state index is 12.0. The Labute approximate surface area is 115 Å². The monoisotopic (exact) mass is 280 g/mol. The van der Waals surface area contributed by atoms with Gasteiger partial charge in [-0.25, -0.2) is 13.1 Å². The van der Waals surface area contributed by atoms with Crippen LogP contribution in [0.15, 0.2) is 35.9 Å². The predicted molar refractivity (Wildman–Crippen MR) is 77.4 cm³/mol. The molecule has 5 heteroatoms. The van der Waals surface area contributed by atoms with Gasteiger partial charge in [-0.1, -0.05) is 41.5 Å². The molecule has 2 N–H and O–H groups in total. The molecule has 0 spiro atoms. The minimum atomic E-state index is -3.26. The van der Waals surface area contributed by atoms with Gasteiger partial charge < -0.3 is 5.32 Å². The molecule has 1 aliphatic rings. The topological polar surface area (TPSA) is 58.2 Å². The van der Waals surface area contributed by atoms with Crippen molar-refractivity contribution >= 4 is 10.0 Å². The van der Waals surface area contributed by atoms with E-state index in [9.17, 15) is 8.42 Å². The quantitative estimate of drug-likeness (QED) is 0.800. The number of benzene rings is 1. The maximum Gasteiger partial charge on any atom is 0.216 e. The normalized spacial score (nSPS) is 16.2. The molecule has 4 nitrogen and oxygen atoms in total. The van der Waals surface area contributed by atoms with Gasteiger partial charge in [0.1, 0.15) is 0 Å². The third-order valence-corrected chi connectivity index (χ3v) is 4.41. The molecule has 0 saturated heterocycles. The molecule has 0 saturated carbocycles. The molecule has 0 aromatic heterocycles. The van der Waals surface area contributed by atoms with Crippen LogP contribution >= 0.6 is 0 Å². The number of rotatable bonds is 5. The fourth-order valence-electron chi connectivity index (χ4n) is 2.11. The van der Waals surface area contributed by atoms with Crippen LogP contribution in [-0.4, -0.2) is 28.1 Å². The van der Waals surface area contributed by atoms with Crippen LogP contribution in [-0.2, 0) is 15.8 Å². The van der Waals surface area contributed by atoms with Crippen molar-refractivity contribution in [2.75, 3.05) is 19.6 Å². The molecule has 1 aliphatic heterocycles. The minimum Gasteiger partial charge on any atom is -0.313 e. The van der Waals surface area contributed by atoms with Gasteiger partial charge in [-0.05, 0) is 25.5 Å². The molecule has 2 rings (SSSR count). The van der Waals surface area contributed by atoms with Crippen LogP contribution in [0.4, 0.5) is 0 Å². The average molecular weight is 280 g/mol. The van der Waals surface area contributed by atoms with Crippen molar-refractivity contribution in [2.24, 2.45) is 0 Å². The van der Waals surface area contributed by atoms with Gasteiger partial charge in [0.05, 0.1) is 5.75 Å². The highest BCUT2D eigenvalue weighted by Crippen LogP contribution is 2.09. The van der Waals surface area contributed by atoms with Crippen molar-refractivity contribution in [3.63, 3.8) is 0 Å². The maximum atomic E-state index is 12.0. The highest BCUT2D eigenvalue weighted by Gasteiger charge is 2.12. The van der Waals surface area contributed by atoms with E-state index in [0.29, 0.717) is 6.54 Å². The van der Waals surface area contributed by atoms with E-state index in [-0.39, 0.29) is 5.75 Å². The summed E-state index contributed by atoms with van der Waals surface area (Å²) in [6, 6.07) is 7.60. The van der Waals surface area contributed by atoms with Crippen molar-refractivity contribution in [1.82, 2.24) is 10.0 Å². The minimum absolute atomic E-state index is 0.0419. The molecule has 0 amide bonds. The van der Waals surface area contributed by atoms with Gasteiger partial charge >= 0.3 is 0 Å². The van der Waals surface area contributed by atoms with Crippen LogP contribution in [0.1, 0.15) is 17.5 Å². The molecule has 0 radical (unpaired) electrons. The van der Waals surface area contributed by atoms with Gasteiger partial charge in [0.15, 0.2) is 0 Å². The fourth-order valence-corrected chi connectivity index (χ4v) is 3.23. The molecule has 0 aliphatic carbocycles. The third-order valence-electron chi connectivity index (χ3n) is 3.12. The Bertz CT molecular complexity index is 565. The summed E-state index contributed by atoms with van der Waals surface area (Å²) in [4.78, 5) is 0. The first-order valence-corrected chi connectivity index (χ1v) is 8.12. The largest absolute Gasteiger partial charge is 0.313 e. The molecule has 1 heterocycles. The summed E-state index contributed by atoms with van der Waals surface area (Å²) in [5.41, 5.74) is 3.06. The van der Waals surface area contributed by atoms with Crippen molar-refractivity contribution in [3.05, 3.63) is 47.0 Å². The first-order chi connectivity index (χ1) is 9.05. The first kappa shape index (κ1) is 14.2. The Morgan fingerprint density at radius 2 is 2.21 bits per heavy atom. The van der Waals surface area contributed by atoms with E-state index >= 15 is 0 Å². The van der Waals surface area contributed by atoms with Crippen molar-refractivity contribution < 1.29 is 8.42 Å². The van der Waals surface area contributed by atoms with E-state index in [2.05, 4.69) is 16.1 Å². The first-order valence-electron chi connectivity index (χ1n) is 6.47. The van der Waals surface area contributed by atoms with Gasteiger partial charge in [-0.3, -0.25) is 0 Å². The third kappa shape index (κ3) is 4.78. The van der Waals surface area contributed by atoms with E-state index in [0.717, 1.165) is 36.2 Å². The van der Waals surface area contributed by atoms with Gasteiger partial charge in [-0.15, -0.1) is 0 Å². The molecule has 1 aromatic rings. The number of sulfonamides is 1. The van der Waals surface area contributed by atoms with E-state index in [4.69, 9.17) is 0 Å². The summed E-state index contributed by atoms with van der Waals surface area (Å²) in [5.74, 6) is 0.0419. The smallest absolute Gasteiger partial charge is 0.216 e. The predicted octanol–water partition coefficient (Wildman–Crippen LogP) is 1.33. The van der Waals surface area contributed by atoms with Gasteiger partial charge in [0.25, 0.3) is 0 Å². The van der Waals surface area contributed by atoms with Crippen molar-refractivity contribution in [1.29, 1.82) is 0 Å². The summed E-state index contributed by atoms with van der Waals surface area (Å²) >= 11 is 0. The van der Waals surface area contributed by atoms with Crippen LogP contribution in [0, 0.1) is 6.92 Å². The zero-order valence-electron chi connectivity index (χ0n) is 11.1. The highest BCUT2D eigenvalue weighted by atomic mass is 32.2. The van der Waals surface area contributed by atoms with Gasteiger partial charge in [0, 0.05) is 13.1 Å². The zero-order chi connectivity index (χ0) is 13.7. The Morgan fingerprint density at radius 3 is 2.89 bits per heavy atom. The van der Waals surface area contributed by atoms with Crippen LogP contribution in [0.3, 0.4) is 0 Å². The Hall–Kier alpha value is -1.17. The van der Waals surface area contributed by atoms with Crippen LogP contribution < -0.4 is 10.0 Å². The lowest BCUT2D eigenvalue weighted by Crippen LogP contribution is -2.30. The number of aryl methyl sites for hydroxylation is 1. The summed E-state index contributed by atoms with van der Waals surface area (Å²) < 4.78 is 26.7. The summed E-state index contributed by atoms with van der Waals surface area (Å²) in [6.45, 7) is 4.14. The molecule has 104 valence electrons. The second-order valence-electron chi connectivity index (χ2n) is 4.89. The standard InChI is InChI=1S/C14H20N2O2S/c1-12-3-2-4-14(9-12)11-19(17,18)16-10-13-5-7-15-8-6-13/h2-5,9,15-16H,6-8,10-11H2,1H3. The van der Waals surface area contributed by atoms with Crippen LogP contribution in [0.25, 0.3) is 0 Å². The van der Waals surface area contributed by atoms with Gasteiger partial charge in [-0.2, -0.15) is 0 Å². The Morgan fingerprint density at radius 1 is 1.37 bits per heavy atom. The van der Waals surface area contributed by atoms with Crippen LogP contribution in [0.5, 0.6) is 0 Å². The molecule has 0 bridgehead atoms. The number of nitrogens with one attached hydrogen (secondary N) is 2. The second kappa shape index (κ2) is 6.32. The summed E-state index contributed by atoms with van der Waals surface area (Å²) in [6.07, 6.45) is 2.96. The SMILES string of the molecule is Cc1cccc(CS(=O)(=O)NCC2=CCNCC2)c1. The van der Waals surface area contributed by atoms with E-state index in [1.165, 1.54) is 0 Å². The molecule has 19 heavy (non-hydrogen) atoms. The lowest BCUT2D eigenvalue weighted by atomic mass is 10.1. The fraction of sp³-hybridized carbons (Fsp3) is 0.429. The summed E-state index contributed by atoms with van der Waals surface area (Å²) in [7, 11) is -3.26. The number of hydrogen-bond donors (Lipinski definition) is 2. The molecule has 0 unspecified atom stereocenters. The van der Waals surface area contributed by atoms with Crippen LogP contribution in [0.2, 0.25) is 0 Å². The average Bonchev–Trinajstić information content (AvgIpc) is 2.37. The molecule has 0 atom stereocenters. The summed E-state index contributed by atoms with van der Waals surface area (Å²) in [5, 5.41) is 3.20. The molecule has 0 fully saturated rings. The van der Waals surface area contributed by atoms with E-state index < -0.39 is 10.0 Å². The highest BCUT2D eigenvalue weighted by molar-refractivity contribution is 7.88. The second-order valence-corrected chi connectivity index (χ2v) is 6.69. The lowest BCUT2D eigenvalue weighted by molar-refractivity contribution is 0.581. The molecular weight excluding hydrogens is 260 g/mol. The van der Waals surface area contributed by atoms with Crippen molar-refractivity contribution in [3.8, 4) is 0 Å². The van der Waals surface area contributed by atoms with Gasteiger partial charge in [0.2, 0.25) is 10.0 Å². The number of hydrogen-bond acceptors (Lipinski definition) is 3. The Balaban J connectivity index is 1.93. The zero-order valence-corrected chi connectivity index (χ0v) is 12.0. The molecule has 1 aromatic carbocycles. The van der Waals surface area contributed by atoms with E-state index in [1.807, 2.05) is 31.2 Å². The lowest BCUT2D eigenvalue weighted by Gasteiger charge is -2.14.